The number of benzene rings is 1. The standard InChI is InChI=1S/C15H18FN3O3S2/c1-11-10-23-15(17-11)18-14(20)4-3-9-19(2)24(21,22)13-7-5-12(16)6-8-13/h5-8,10H,3-4,9H2,1-2H3,(H,17,18,20). The van der Waals surface area contributed by atoms with Crippen molar-refractivity contribution < 1.29 is 17.6 Å². The molecule has 0 atom stereocenters. The third-order valence-electron chi connectivity index (χ3n) is 3.26. The maximum atomic E-state index is 12.9. The van der Waals surface area contributed by atoms with Gasteiger partial charge in [0, 0.05) is 25.4 Å². The lowest BCUT2D eigenvalue weighted by Crippen LogP contribution is -2.28. The fraction of sp³-hybridized carbons (Fsp3) is 0.333. The van der Waals surface area contributed by atoms with E-state index in [2.05, 4.69) is 10.3 Å². The van der Waals surface area contributed by atoms with Crippen LogP contribution in [-0.4, -0.2) is 37.2 Å². The molecular formula is C15H18FN3O3S2. The van der Waals surface area contributed by atoms with Gasteiger partial charge < -0.3 is 5.32 Å². The summed E-state index contributed by atoms with van der Waals surface area (Å²) in [6.07, 6.45) is 0.551. The predicted molar refractivity (Wildman–Crippen MR) is 90.9 cm³/mol. The van der Waals surface area contributed by atoms with Gasteiger partial charge in [-0.1, -0.05) is 0 Å². The van der Waals surface area contributed by atoms with E-state index in [0.29, 0.717) is 11.6 Å². The molecular weight excluding hydrogens is 353 g/mol. The fourth-order valence-corrected chi connectivity index (χ4v) is 3.88. The number of anilines is 1. The summed E-state index contributed by atoms with van der Waals surface area (Å²) in [6.45, 7) is 2.02. The molecule has 1 aromatic carbocycles. The molecule has 130 valence electrons. The van der Waals surface area contributed by atoms with Crippen LogP contribution in [0.2, 0.25) is 0 Å². The van der Waals surface area contributed by atoms with Crippen LogP contribution >= 0.6 is 11.3 Å². The molecule has 1 amide bonds. The van der Waals surface area contributed by atoms with Crippen LogP contribution < -0.4 is 5.32 Å². The van der Waals surface area contributed by atoms with Gasteiger partial charge in [0.1, 0.15) is 5.82 Å². The molecule has 0 saturated heterocycles. The van der Waals surface area contributed by atoms with E-state index in [0.717, 1.165) is 22.1 Å². The molecule has 0 aliphatic rings. The summed E-state index contributed by atoms with van der Waals surface area (Å²) < 4.78 is 38.7. The van der Waals surface area contributed by atoms with E-state index in [4.69, 9.17) is 0 Å². The van der Waals surface area contributed by atoms with Gasteiger partial charge in [0.25, 0.3) is 0 Å². The molecule has 0 unspecified atom stereocenters. The van der Waals surface area contributed by atoms with Crippen molar-refractivity contribution in [1.29, 1.82) is 0 Å². The number of aryl methyl sites for hydroxylation is 1. The molecule has 0 saturated carbocycles. The molecule has 24 heavy (non-hydrogen) atoms. The maximum absolute atomic E-state index is 12.9. The Hall–Kier alpha value is -1.84. The Bertz CT molecular complexity index is 804. The molecule has 9 heteroatoms. The van der Waals surface area contributed by atoms with Crippen LogP contribution in [0, 0.1) is 12.7 Å². The second-order valence-electron chi connectivity index (χ2n) is 5.23. The lowest BCUT2D eigenvalue weighted by Gasteiger charge is -2.16. The average molecular weight is 371 g/mol. The monoisotopic (exact) mass is 371 g/mol. The van der Waals surface area contributed by atoms with Crippen molar-refractivity contribution in [2.75, 3.05) is 18.9 Å². The highest BCUT2D eigenvalue weighted by Crippen LogP contribution is 2.16. The van der Waals surface area contributed by atoms with Gasteiger partial charge in [-0.15, -0.1) is 11.3 Å². The lowest BCUT2D eigenvalue weighted by atomic mass is 10.3. The number of carbonyl (C=O) groups is 1. The Morgan fingerprint density at radius 2 is 2.00 bits per heavy atom. The second kappa shape index (κ2) is 7.82. The van der Waals surface area contributed by atoms with Gasteiger partial charge in [0.05, 0.1) is 10.6 Å². The van der Waals surface area contributed by atoms with Crippen LogP contribution in [0.1, 0.15) is 18.5 Å². The highest BCUT2D eigenvalue weighted by atomic mass is 32.2. The van der Waals surface area contributed by atoms with E-state index in [9.17, 15) is 17.6 Å². The molecule has 0 bridgehead atoms. The summed E-state index contributed by atoms with van der Waals surface area (Å²) in [5, 5.41) is 5.04. The molecule has 0 radical (unpaired) electrons. The Kier molecular flexibility index (Phi) is 6.03. The smallest absolute Gasteiger partial charge is 0.242 e. The number of nitrogens with one attached hydrogen (secondary N) is 1. The number of hydrogen-bond donors (Lipinski definition) is 1. The van der Waals surface area contributed by atoms with Gasteiger partial charge >= 0.3 is 0 Å². The minimum absolute atomic E-state index is 0.0223. The van der Waals surface area contributed by atoms with Crippen LogP contribution in [0.25, 0.3) is 0 Å². The first-order chi connectivity index (χ1) is 11.3. The van der Waals surface area contributed by atoms with E-state index >= 15 is 0 Å². The SMILES string of the molecule is Cc1csc(NC(=O)CCCN(C)S(=O)(=O)c2ccc(F)cc2)n1. The molecule has 1 heterocycles. The fourth-order valence-electron chi connectivity index (χ4n) is 1.96. The first-order valence-electron chi connectivity index (χ1n) is 7.23. The van der Waals surface area contributed by atoms with E-state index in [1.807, 2.05) is 12.3 Å². The summed E-state index contributed by atoms with van der Waals surface area (Å²) in [7, 11) is -2.25. The zero-order valence-corrected chi connectivity index (χ0v) is 15.0. The van der Waals surface area contributed by atoms with Crippen LogP contribution in [0.3, 0.4) is 0 Å². The summed E-state index contributed by atoms with van der Waals surface area (Å²) in [6, 6.07) is 4.64. The normalized spacial score (nSPS) is 11.7. The zero-order valence-electron chi connectivity index (χ0n) is 13.3. The number of nitrogens with zero attached hydrogens (tertiary/aromatic N) is 2. The van der Waals surface area contributed by atoms with E-state index in [-0.39, 0.29) is 23.8 Å². The van der Waals surface area contributed by atoms with Crippen LogP contribution in [0.15, 0.2) is 34.5 Å². The molecule has 0 aliphatic carbocycles. The van der Waals surface area contributed by atoms with Crippen LogP contribution in [0.4, 0.5) is 9.52 Å². The van der Waals surface area contributed by atoms with Crippen LogP contribution in [-0.2, 0) is 14.8 Å². The second-order valence-corrected chi connectivity index (χ2v) is 8.13. The highest BCUT2D eigenvalue weighted by molar-refractivity contribution is 7.89. The Labute approximate surface area is 144 Å². The van der Waals surface area contributed by atoms with Gasteiger partial charge in [0.15, 0.2) is 5.13 Å². The minimum Gasteiger partial charge on any atom is -0.302 e. The van der Waals surface area contributed by atoms with Gasteiger partial charge in [-0.2, -0.15) is 0 Å². The molecule has 2 aromatic rings. The number of halogens is 1. The van der Waals surface area contributed by atoms with Crippen molar-refractivity contribution in [3.8, 4) is 0 Å². The summed E-state index contributed by atoms with van der Waals surface area (Å²) in [5.74, 6) is -0.706. The molecule has 2 rings (SSSR count). The van der Waals surface area contributed by atoms with E-state index in [1.165, 1.54) is 30.5 Å². The third-order valence-corrected chi connectivity index (χ3v) is 6.01. The van der Waals surface area contributed by atoms with Crippen LogP contribution in [0.5, 0.6) is 0 Å². The number of hydrogen-bond acceptors (Lipinski definition) is 5. The Morgan fingerprint density at radius 3 is 2.58 bits per heavy atom. The molecule has 0 fully saturated rings. The van der Waals surface area contributed by atoms with Crippen molar-refractivity contribution >= 4 is 32.4 Å². The van der Waals surface area contributed by atoms with Crippen molar-refractivity contribution in [3.63, 3.8) is 0 Å². The van der Waals surface area contributed by atoms with Crippen molar-refractivity contribution in [2.24, 2.45) is 0 Å². The number of aromatic nitrogens is 1. The van der Waals surface area contributed by atoms with Gasteiger partial charge in [-0.25, -0.2) is 22.1 Å². The van der Waals surface area contributed by atoms with Gasteiger partial charge in [-0.05, 0) is 37.6 Å². The number of thiazole rings is 1. The molecule has 0 spiro atoms. The molecule has 1 N–H and O–H groups in total. The lowest BCUT2D eigenvalue weighted by molar-refractivity contribution is -0.116. The number of carbonyl (C=O) groups excluding carboxylic acids is 1. The van der Waals surface area contributed by atoms with Gasteiger partial charge in [0.2, 0.25) is 15.9 Å². The third kappa shape index (κ3) is 4.83. The largest absolute Gasteiger partial charge is 0.302 e. The predicted octanol–water partition coefficient (Wildman–Crippen LogP) is 2.63. The van der Waals surface area contributed by atoms with Crippen molar-refractivity contribution in [3.05, 3.63) is 41.2 Å². The number of sulfonamides is 1. The summed E-state index contributed by atoms with van der Waals surface area (Å²) in [5.41, 5.74) is 0.834. The van der Waals surface area contributed by atoms with Crippen molar-refractivity contribution in [1.82, 2.24) is 9.29 Å². The maximum Gasteiger partial charge on any atom is 0.242 e. The van der Waals surface area contributed by atoms with Crippen molar-refractivity contribution in [2.45, 2.75) is 24.7 Å². The molecule has 1 aromatic heterocycles. The molecule has 0 aliphatic heterocycles. The minimum atomic E-state index is -3.68. The van der Waals surface area contributed by atoms with Gasteiger partial charge in [-0.3, -0.25) is 4.79 Å². The summed E-state index contributed by atoms with van der Waals surface area (Å²) >= 11 is 1.34. The Morgan fingerprint density at radius 1 is 1.33 bits per heavy atom. The first-order valence-corrected chi connectivity index (χ1v) is 9.55. The van der Waals surface area contributed by atoms with E-state index < -0.39 is 15.8 Å². The van der Waals surface area contributed by atoms with E-state index in [1.54, 1.807) is 0 Å². The average Bonchev–Trinajstić information content (AvgIpc) is 2.92. The topological polar surface area (TPSA) is 79.4 Å². The Balaban J connectivity index is 1.84. The number of amides is 1. The molecule has 6 nitrogen and oxygen atoms in total. The summed E-state index contributed by atoms with van der Waals surface area (Å²) in [4.78, 5) is 16.0. The number of rotatable bonds is 7. The highest BCUT2D eigenvalue weighted by Gasteiger charge is 2.20. The first kappa shape index (κ1) is 18.5. The quantitative estimate of drug-likeness (QED) is 0.811. The zero-order chi connectivity index (χ0) is 17.7.